The smallest absolute Gasteiger partial charge is 0.339 e. The zero-order valence-corrected chi connectivity index (χ0v) is 11.3. The highest BCUT2D eigenvalue weighted by molar-refractivity contribution is 6.33. The summed E-state index contributed by atoms with van der Waals surface area (Å²) in [7, 11) is 1.28. The van der Waals surface area contributed by atoms with Gasteiger partial charge in [-0.2, -0.15) is 0 Å². The van der Waals surface area contributed by atoms with Gasteiger partial charge < -0.3 is 14.6 Å². The number of carboxylic acids is 1. The molecule has 0 aliphatic carbocycles. The van der Waals surface area contributed by atoms with Crippen LogP contribution < -0.4 is 5.11 Å². The zero-order valence-electron chi connectivity index (χ0n) is 10.6. The van der Waals surface area contributed by atoms with Gasteiger partial charge in [0.1, 0.15) is 0 Å². The monoisotopic (exact) mass is 289 g/mol. The summed E-state index contributed by atoms with van der Waals surface area (Å²) < 4.78 is 4.65. The maximum absolute atomic E-state index is 11.6. The molecule has 0 radical (unpaired) electrons. The number of carbonyl (C=O) groups is 2. The Morgan fingerprint density at radius 2 is 1.65 bits per heavy atom. The van der Waals surface area contributed by atoms with Crippen LogP contribution in [0.5, 0.6) is 0 Å². The summed E-state index contributed by atoms with van der Waals surface area (Å²) in [6.07, 6.45) is 0. The molecule has 0 bridgehead atoms. The van der Waals surface area contributed by atoms with Crippen LogP contribution >= 0.6 is 11.6 Å². The molecule has 0 heterocycles. The Hall–Kier alpha value is -2.33. The third-order valence-electron chi connectivity index (χ3n) is 2.83. The quantitative estimate of drug-likeness (QED) is 0.812. The molecular formula is C15H10ClO4-. The van der Waals surface area contributed by atoms with Crippen molar-refractivity contribution in [1.82, 2.24) is 0 Å². The summed E-state index contributed by atoms with van der Waals surface area (Å²) in [5.41, 5.74) is 1.85. The lowest BCUT2D eigenvalue weighted by Crippen LogP contribution is -2.21. The molecule has 0 N–H and O–H groups in total. The molecule has 0 aliphatic rings. The van der Waals surface area contributed by atoms with Gasteiger partial charge in [0, 0.05) is 0 Å². The van der Waals surface area contributed by atoms with Crippen molar-refractivity contribution in [3.05, 3.63) is 58.6 Å². The van der Waals surface area contributed by atoms with Crippen molar-refractivity contribution in [3.63, 3.8) is 0 Å². The topological polar surface area (TPSA) is 66.4 Å². The predicted octanol–water partition coefficient (Wildman–Crippen LogP) is 2.16. The molecule has 0 amide bonds. The zero-order chi connectivity index (χ0) is 14.7. The van der Waals surface area contributed by atoms with E-state index in [0.29, 0.717) is 5.02 Å². The van der Waals surface area contributed by atoms with E-state index >= 15 is 0 Å². The molecule has 0 saturated carbocycles. The van der Waals surface area contributed by atoms with Crippen LogP contribution in [0.15, 0.2) is 42.5 Å². The molecule has 2 rings (SSSR count). The van der Waals surface area contributed by atoms with Crippen LogP contribution in [-0.2, 0) is 4.74 Å². The Morgan fingerprint density at radius 1 is 1.05 bits per heavy atom. The number of carbonyl (C=O) groups excluding carboxylic acids is 2. The predicted molar refractivity (Wildman–Crippen MR) is 72.6 cm³/mol. The van der Waals surface area contributed by atoms with Crippen molar-refractivity contribution in [2.75, 3.05) is 7.11 Å². The van der Waals surface area contributed by atoms with Crippen LogP contribution in [0.3, 0.4) is 0 Å². The van der Waals surface area contributed by atoms with E-state index in [4.69, 9.17) is 11.6 Å². The molecule has 20 heavy (non-hydrogen) atoms. The number of hydrogen-bond donors (Lipinski definition) is 0. The van der Waals surface area contributed by atoms with Crippen LogP contribution in [0.25, 0.3) is 11.1 Å². The van der Waals surface area contributed by atoms with Gasteiger partial charge in [-0.1, -0.05) is 41.9 Å². The van der Waals surface area contributed by atoms with E-state index in [0.717, 1.165) is 11.1 Å². The number of carboxylic acid groups (broad SMARTS) is 1. The summed E-state index contributed by atoms with van der Waals surface area (Å²) in [4.78, 5) is 22.3. The van der Waals surface area contributed by atoms with E-state index < -0.39 is 11.9 Å². The number of esters is 1. The summed E-state index contributed by atoms with van der Waals surface area (Å²) in [6, 6.07) is 11.1. The van der Waals surface area contributed by atoms with E-state index in [1.807, 2.05) is 0 Å². The minimum absolute atomic E-state index is 0.0934. The average molecular weight is 290 g/mol. The molecule has 102 valence electrons. The summed E-state index contributed by atoms with van der Waals surface area (Å²) in [5, 5.41) is 11.0. The number of rotatable bonds is 3. The highest BCUT2D eigenvalue weighted by Crippen LogP contribution is 2.26. The minimum atomic E-state index is -1.23. The Labute approximate surface area is 120 Å². The van der Waals surface area contributed by atoms with Crippen LogP contribution in [0.2, 0.25) is 5.02 Å². The first kappa shape index (κ1) is 14.1. The third kappa shape index (κ3) is 2.81. The Morgan fingerprint density at radius 3 is 2.20 bits per heavy atom. The first-order valence-corrected chi connectivity index (χ1v) is 6.10. The van der Waals surface area contributed by atoms with E-state index in [1.54, 1.807) is 30.3 Å². The Kier molecular flexibility index (Phi) is 4.05. The Balaban J connectivity index is 2.42. The van der Waals surface area contributed by atoms with Crippen molar-refractivity contribution in [3.8, 4) is 11.1 Å². The fraction of sp³-hybridized carbons (Fsp3) is 0.0667. The second kappa shape index (κ2) is 5.75. The number of aromatic carboxylic acids is 1. The van der Waals surface area contributed by atoms with Crippen LogP contribution in [0, 0.1) is 0 Å². The molecule has 5 heteroatoms. The lowest BCUT2D eigenvalue weighted by molar-refractivity contribution is -0.255. The molecule has 4 nitrogen and oxygen atoms in total. The van der Waals surface area contributed by atoms with Crippen molar-refractivity contribution < 1.29 is 19.4 Å². The summed E-state index contributed by atoms with van der Waals surface area (Å²) >= 11 is 5.94. The highest BCUT2D eigenvalue weighted by Gasteiger charge is 2.12. The van der Waals surface area contributed by atoms with Gasteiger partial charge in [-0.05, 0) is 28.8 Å². The van der Waals surface area contributed by atoms with Gasteiger partial charge in [-0.25, -0.2) is 4.79 Å². The van der Waals surface area contributed by atoms with Gasteiger partial charge in [0.15, 0.2) is 0 Å². The molecular weight excluding hydrogens is 280 g/mol. The van der Waals surface area contributed by atoms with Crippen molar-refractivity contribution >= 4 is 23.5 Å². The van der Waals surface area contributed by atoms with Crippen molar-refractivity contribution in [2.45, 2.75) is 0 Å². The molecule has 0 atom stereocenters. The number of ether oxygens (including phenoxy) is 1. The highest BCUT2D eigenvalue weighted by atomic mass is 35.5. The van der Waals surface area contributed by atoms with Crippen LogP contribution in [0.1, 0.15) is 20.7 Å². The maximum atomic E-state index is 11.6. The van der Waals surface area contributed by atoms with Crippen LogP contribution in [0.4, 0.5) is 0 Å². The van der Waals surface area contributed by atoms with Crippen molar-refractivity contribution in [1.29, 1.82) is 0 Å². The van der Waals surface area contributed by atoms with Gasteiger partial charge in [0.2, 0.25) is 0 Å². The number of halogens is 1. The lowest BCUT2D eigenvalue weighted by Gasteiger charge is -2.08. The van der Waals surface area contributed by atoms with E-state index in [-0.39, 0.29) is 11.1 Å². The SMILES string of the molecule is COC(=O)c1cc(-c2ccc(C(=O)[O-])cc2)ccc1Cl. The molecule has 0 saturated heterocycles. The largest absolute Gasteiger partial charge is 0.545 e. The molecule has 0 aliphatic heterocycles. The first-order valence-electron chi connectivity index (χ1n) is 5.72. The molecule has 0 unspecified atom stereocenters. The number of methoxy groups -OCH3 is 1. The van der Waals surface area contributed by atoms with Gasteiger partial charge in [0.05, 0.1) is 23.7 Å². The van der Waals surface area contributed by atoms with Crippen LogP contribution in [-0.4, -0.2) is 19.0 Å². The van der Waals surface area contributed by atoms with Gasteiger partial charge in [-0.3, -0.25) is 0 Å². The molecule has 0 fully saturated rings. The lowest BCUT2D eigenvalue weighted by atomic mass is 10.0. The van der Waals surface area contributed by atoms with E-state index in [1.165, 1.54) is 19.2 Å². The second-order valence-corrected chi connectivity index (χ2v) is 4.46. The standard InChI is InChI=1S/C15H11ClO4/c1-20-15(19)12-8-11(6-7-13(12)16)9-2-4-10(5-3-9)14(17)18/h2-8H,1H3,(H,17,18)/p-1. The normalized spacial score (nSPS) is 10.1. The van der Waals surface area contributed by atoms with E-state index in [2.05, 4.69) is 4.74 Å². The van der Waals surface area contributed by atoms with Crippen molar-refractivity contribution in [2.24, 2.45) is 0 Å². The van der Waals surface area contributed by atoms with Gasteiger partial charge >= 0.3 is 5.97 Å². The minimum Gasteiger partial charge on any atom is -0.545 e. The fourth-order valence-corrected chi connectivity index (χ4v) is 1.96. The molecule has 0 aromatic heterocycles. The number of hydrogen-bond acceptors (Lipinski definition) is 4. The third-order valence-corrected chi connectivity index (χ3v) is 3.16. The van der Waals surface area contributed by atoms with Gasteiger partial charge in [-0.15, -0.1) is 0 Å². The average Bonchev–Trinajstić information content (AvgIpc) is 2.47. The molecule has 2 aromatic carbocycles. The first-order chi connectivity index (χ1) is 9.52. The van der Waals surface area contributed by atoms with Gasteiger partial charge in [0.25, 0.3) is 0 Å². The Bertz CT molecular complexity index is 662. The summed E-state index contributed by atoms with van der Waals surface area (Å²) in [5.74, 6) is -1.76. The molecule has 0 spiro atoms. The number of benzene rings is 2. The second-order valence-electron chi connectivity index (χ2n) is 4.05. The maximum Gasteiger partial charge on any atom is 0.339 e. The molecule has 2 aromatic rings. The summed E-state index contributed by atoms with van der Waals surface area (Å²) in [6.45, 7) is 0. The van der Waals surface area contributed by atoms with E-state index in [9.17, 15) is 14.7 Å². The fourth-order valence-electron chi connectivity index (χ4n) is 1.77.